The number of thioether (sulfide) groups is 1. The van der Waals surface area contributed by atoms with Gasteiger partial charge in [0.2, 0.25) is 0 Å². The zero-order valence-corrected chi connectivity index (χ0v) is 10.8. The molecule has 0 aromatic carbocycles. The highest BCUT2D eigenvalue weighted by Crippen LogP contribution is 2.30. The molecule has 1 saturated heterocycles. The van der Waals surface area contributed by atoms with E-state index in [0.29, 0.717) is 5.92 Å². The van der Waals surface area contributed by atoms with Crippen LogP contribution >= 0.6 is 11.8 Å². The number of anilines is 1. The number of rotatable bonds is 3. The molecule has 1 aliphatic heterocycles. The molecule has 16 heavy (non-hydrogen) atoms. The van der Waals surface area contributed by atoms with Crippen LogP contribution in [0.2, 0.25) is 0 Å². The van der Waals surface area contributed by atoms with Gasteiger partial charge in [-0.2, -0.15) is 0 Å². The molecule has 0 aliphatic carbocycles. The maximum atomic E-state index is 6.25. The van der Waals surface area contributed by atoms with E-state index in [0.717, 1.165) is 23.9 Å². The van der Waals surface area contributed by atoms with E-state index in [1.807, 2.05) is 12.3 Å². The third-order valence-electron chi connectivity index (χ3n) is 3.28. The van der Waals surface area contributed by atoms with E-state index in [-0.39, 0.29) is 5.54 Å². The van der Waals surface area contributed by atoms with Gasteiger partial charge >= 0.3 is 0 Å². The molecule has 0 saturated carbocycles. The van der Waals surface area contributed by atoms with Crippen LogP contribution in [0.25, 0.3) is 0 Å². The first-order valence-corrected chi connectivity index (χ1v) is 6.67. The molecule has 1 fully saturated rings. The second-order valence-electron chi connectivity index (χ2n) is 4.66. The Bertz CT molecular complexity index is 374. The number of nitrogens with two attached hydrogens (primary N) is 1. The predicted molar refractivity (Wildman–Crippen MR) is 67.8 cm³/mol. The largest absolute Gasteiger partial charge is 0.353 e. The molecule has 0 radical (unpaired) electrons. The summed E-state index contributed by atoms with van der Waals surface area (Å²) in [4.78, 5) is 10.7. The Labute approximate surface area is 101 Å². The van der Waals surface area contributed by atoms with Crippen molar-refractivity contribution in [2.24, 2.45) is 11.7 Å². The van der Waals surface area contributed by atoms with Gasteiger partial charge in [-0.3, -0.25) is 0 Å². The summed E-state index contributed by atoms with van der Waals surface area (Å²) in [5.74, 6) is 1.49. The van der Waals surface area contributed by atoms with Crippen LogP contribution in [0.1, 0.15) is 13.8 Å². The standard InChI is InChI=1S/C11H18N4S/c1-8(2)11(12)5-15(6-11)9-4-10(16-3)14-7-13-9/h4,7-8H,5-6,12H2,1-3H3. The van der Waals surface area contributed by atoms with Crippen molar-refractivity contribution in [1.29, 1.82) is 0 Å². The summed E-state index contributed by atoms with van der Waals surface area (Å²) in [6.07, 6.45) is 3.64. The van der Waals surface area contributed by atoms with Crippen molar-refractivity contribution < 1.29 is 0 Å². The smallest absolute Gasteiger partial charge is 0.133 e. The minimum atomic E-state index is -0.0511. The normalized spacial score (nSPS) is 18.7. The Hall–Kier alpha value is -0.810. The molecular weight excluding hydrogens is 220 g/mol. The highest BCUT2D eigenvalue weighted by Gasteiger charge is 2.42. The summed E-state index contributed by atoms with van der Waals surface area (Å²) < 4.78 is 0. The summed E-state index contributed by atoms with van der Waals surface area (Å²) in [7, 11) is 0. The Balaban J connectivity index is 2.06. The molecule has 0 unspecified atom stereocenters. The molecule has 0 atom stereocenters. The van der Waals surface area contributed by atoms with E-state index < -0.39 is 0 Å². The van der Waals surface area contributed by atoms with Crippen LogP contribution in [0, 0.1) is 5.92 Å². The summed E-state index contributed by atoms with van der Waals surface area (Å²) in [5.41, 5.74) is 6.20. The predicted octanol–water partition coefficient (Wildman–Crippen LogP) is 1.37. The van der Waals surface area contributed by atoms with Gasteiger partial charge in [0.25, 0.3) is 0 Å². The lowest BCUT2D eigenvalue weighted by atomic mass is 9.80. The first-order chi connectivity index (χ1) is 7.55. The average molecular weight is 238 g/mol. The second-order valence-corrected chi connectivity index (χ2v) is 5.49. The molecule has 1 aliphatic rings. The number of nitrogens with zero attached hydrogens (tertiary/aromatic N) is 3. The first-order valence-electron chi connectivity index (χ1n) is 5.45. The summed E-state index contributed by atoms with van der Waals surface area (Å²) in [6.45, 7) is 6.11. The minimum absolute atomic E-state index is 0.0511. The van der Waals surface area contributed by atoms with Gasteiger partial charge in [0.05, 0.1) is 5.54 Å². The maximum Gasteiger partial charge on any atom is 0.133 e. The van der Waals surface area contributed by atoms with E-state index in [4.69, 9.17) is 5.73 Å². The van der Waals surface area contributed by atoms with Crippen molar-refractivity contribution in [3.63, 3.8) is 0 Å². The van der Waals surface area contributed by atoms with Gasteiger partial charge in [-0.1, -0.05) is 13.8 Å². The summed E-state index contributed by atoms with van der Waals surface area (Å²) >= 11 is 1.63. The van der Waals surface area contributed by atoms with Crippen LogP contribution in [-0.4, -0.2) is 34.9 Å². The van der Waals surface area contributed by atoms with Gasteiger partial charge in [0, 0.05) is 19.2 Å². The fraction of sp³-hybridized carbons (Fsp3) is 0.636. The molecule has 5 heteroatoms. The van der Waals surface area contributed by atoms with E-state index in [1.54, 1.807) is 18.1 Å². The summed E-state index contributed by atoms with van der Waals surface area (Å²) in [6, 6.07) is 2.02. The highest BCUT2D eigenvalue weighted by atomic mass is 32.2. The Morgan fingerprint density at radius 2 is 2.12 bits per heavy atom. The average Bonchev–Trinajstić information content (AvgIpc) is 2.24. The lowest BCUT2D eigenvalue weighted by Gasteiger charge is -2.50. The SMILES string of the molecule is CSc1cc(N2CC(N)(C(C)C)C2)ncn1. The number of hydrogen-bond acceptors (Lipinski definition) is 5. The minimum Gasteiger partial charge on any atom is -0.353 e. The second kappa shape index (κ2) is 4.22. The highest BCUT2D eigenvalue weighted by molar-refractivity contribution is 7.98. The van der Waals surface area contributed by atoms with Crippen LogP contribution < -0.4 is 10.6 Å². The van der Waals surface area contributed by atoms with Crippen molar-refractivity contribution in [2.45, 2.75) is 24.4 Å². The molecular formula is C11H18N4S. The first kappa shape index (κ1) is 11.7. The van der Waals surface area contributed by atoms with Crippen LogP contribution in [0.5, 0.6) is 0 Å². The molecule has 2 heterocycles. The third kappa shape index (κ3) is 2.01. The number of aromatic nitrogens is 2. The molecule has 0 spiro atoms. The number of hydrogen-bond donors (Lipinski definition) is 1. The quantitative estimate of drug-likeness (QED) is 0.637. The van der Waals surface area contributed by atoms with E-state index in [1.165, 1.54) is 0 Å². The van der Waals surface area contributed by atoms with Crippen molar-refractivity contribution in [3.05, 3.63) is 12.4 Å². The summed E-state index contributed by atoms with van der Waals surface area (Å²) in [5, 5.41) is 1.00. The molecule has 1 aromatic heterocycles. The molecule has 2 N–H and O–H groups in total. The molecule has 0 amide bonds. The van der Waals surface area contributed by atoms with Gasteiger partial charge in [-0.05, 0) is 12.2 Å². The van der Waals surface area contributed by atoms with Crippen LogP contribution in [0.3, 0.4) is 0 Å². The van der Waals surface area contributed by atoms with Gasteiger partial charge in [0.1, 0.15) is 17.2 Å². The van der Waals surface area contributed by atoms with Crippen LogP contribution in [0.4, 0.5) is 5.82 Å². The van der Waals surface area contributed by atoms with Crippen molar-refractivity contribution >= 4 is 17.6 Å². The molecule has 2 rings (SSSR count). The molecule has 4 nitrogen and oxygen atoms in total. The van der Waals surface area contributed by atoms with E-state index in [9.17, 15) is 0 Å². The Morgan fingerprint density at radius 1 is 1.44 bits per heavy atom. The molecule has 1 aromatic rings. The molecule has 0 bridgehead atoms. The fourth-order valence-electron chi connectivity index (χ4n) is 1.81. The zero-order chi connectivity index (χ0) is 11.8. The monoisotopic (exact) mass is 238 g/mol. The molecule has 88 valence electrons. The van der Waals surface area contributed by atoms with Gasteiger partial charge in [-0.25, -0.2) is 9.97 Å². The lowest BCUT2D eigenvalue weighted by molar-refractivity contribution is 0.243. The Kier molecular flexibility index (Phi) is 3.08. The maximum absolute atomic E-state index is 6.25. The van der Waals surface area contributed by atoms with E-state index >= 15 is 0 Å². The zero-order valence-electron chi connectivity index (χ0n) is 9.97. The van der Waals surface area contributed by atoms with Crippen molar-refractivity contribution in [3.8, 4) is 0 Å². The fourth-order valence-corrected chi connectivity index (χ4v) is 2.18. The van der Waals surface area contributed by atoms with Gasteiger partial charge in [-0.15, -0.1) is 11.8 Å². The Morgan fingerprint density at radius 3 is 2.69 bits per heavy atom. The van der Waals surface area contributed by atoms with Crippen molar-refractivity contribution in [1.82, 2.24) is 9.97 Å². The van der Waals surface area contributed by atoms with Gasteiger partial charge in [0.15, 0.2) is 0 Å². The third-order valence-corrected chi connectivity index (χ3v) is 3.92. The van der Waals surface area contributed by atoms with E-state index in [2.05, 4.69) is 28.7 Å². The van der Waals surface area contributed by atoms with Crippen LogP contribution in [0.15, 0.2) is 17.4 Å². The van der Waals surface area contributed by atoms with Crippen molar-refractivity contribution in [2.75, 3.05) is 24.2 Å². The lowest BCUT2D eigenvalue weighted by Crippen LogP contribution is -2.70. The van der Waals surface area contributed by atoms with Crippen LogP contribution in [-0.2, 0) is 0 Å². The van der Waals surface area contributed by atoms with Gasteiger partial charge < -0.3 is 10.6 Å². The topological polar surface area (TPSA) is 55.0 Å².